The van der Waals surface area contributed by atoms with Crippen LogP contribution in [0.15, 0.2) is 96.2 Å². The first-order chi connectivity index (χ1) is 22.7. The van der Waals surface area contributed by atoms with Crippen molar-refractivity contribution < 1.29 is 19.4 Å². The van der Waals surface area contributed by atoms with E-state index < -0.39 is 8.32 Å². The standard InChI is InChI=1S/C37H45N5O4Si/c1-26-34(19-17-27-11-10-16-30(23-27)42-36(44)20-18-32(39-42)29-14-8-5-9-15-29)46-35(37(26)47(2,3)45)21-22-41-24-33(38-40-41)31(25-43)28-12-6-4-7-13-28/h4-16,23-24,26,31,34-35,37,43,45H,17-22,25H2,1-3H3/t26-,31?,34+,35-,37+/m0/s1. The topological polar surface area (TPSA) is 113 Å². The number of aliphatic hydroxyl groups is 1. The first-order valence-corrected chi connectivity index (χ1v) is 19.7. The average Bonchev–Trinajstić information content (AvgIpc) is 3.68. The number of anilines is 1. The molecule has 2 N–H and O–H groups in total. The maximum Gasteiger partial charge on any atom is 0.247 e. The zero-order chi connectivity index (χ0) is 33.0. The number of carbonyl (C=O) groups is 1. The molecule has 0 saturated carbocycles. The lowest BCUT2D eigenvalue weighted by atomic mass is 9.95. The van der Waals surface area contributed by atoms with Crippen LogP contribution in [-0.4, -0.2) is 63.6 Å². The van der Waals surface area contributed by atoms with Crippen LogP contribution in [0.1, 0.15) is 60.9 Å². The molecule has 4 aromatic rings. The minimum Gasteiger partial charge on any atom is -0.432 e. The molecule has 0 spiro atoms. The lowest BCUT2D eigenvalue weighted by Crippen LogP contribution is -2.40. The van der Waals surface area contributed by atoms with Gasteiger partial charge in [0.1, 0.15) is 0 Å². The van der Waals surface area contributed by atoms with Crippen LogP contribution >= 0.6 is 0 Å². The molecule has 0 radical (unpaired) electrons. The lowest BCUT2D eigenvalue weighted by Gasteiger charge is -2.30. The molecule has 1 fully saturated rings. The van der Waals surface area contributed by atoms with Crippen molar-refractivity contribution in [3.8, 4) is 0 Å². The van der Waals surface area contributed by atoms with Crippen LogP contribution in [0, 0.1) is 5.92 Å². The summed E-state index contributed by atoms with van der Waals surface area (Å²) in [6.07, 6.45) is 5.23. The molecule has 1 saturated heterocycles. The van der Waals surface area contributed by atoms with E-state index in [2.05, 4.69) is 29.4 Å². The van der Waals surface area contributed by atoms with Crippen LogP contribution in [0.4, 0.5) is 5.69 Å². The molecular weight excluding hydrogens is 607 g/mol. The number of hydrogen-bond acceptors (Lipinski definition) is 7. The monoisotopic (exact) mass is 651 g/mol. The van der Waals surface area contributed by atoms with E-state index in [9.17, 15) is 14.7 Å². The van der Waals surface area contributed by atoms with Crippen molar-refractivity contribution in [3.63, 3.8) is 0 Å². The molecule has 6 rings (SSSR count). The number of benzene rings is 3. The summed E-state index contributed by atoms with van der Waals surface area (Å²) in [7, 11) is -2.54. The van der Waals surface area contributed by atoms with E-state index in [-0.39, 0.29) is 42.1 Å². The highest BCUT2D eigenvalue weighted by Gasteiger charge is 2.49. The maximum absolute atomic E-state index is 12.9. The van der Waals surface area contributed by atoms with E-state index in [4.69, 9.17) is 9.84 Å². The van der Waals surface area contributed by atoms with Gasteiger partial charge in [-0.25, -0.2) is 5.01 Å². The molecule has 246 valence electrons. The van der Waals surface area contributed by atoms with Gasteiger partial charge in [0.15, 0.2) is 8.32 Å². The zero-order valence-electron chi connectivity index (χ0n) is 27.4. The summed E-state index contributed by atoms with van der Waals surface area (Å²) in [5.74, 6) is -0.0144. The maximum atomic E-state index is 12.9. The van der Waals surface area contributed by atoms with Crippen molar-refractivity contribution in [2.45, 2.75) is 82.3 Å². The van der Waals surface area contributed by atoms with Crippen LogP contribution in [0.2, 0.25) is 18.6 Å². The van der Waals surface area contributed by atoms with E-state index in [1.807, 2.05) is 96.8 Å². The van der Waals surface area contributed by atoms with Crippen molar-refractivity contribution in [2.24, 2.45) is 11.0 Å². The fourth-order valence-corrected chi connectivity index (χ4v) is 9.98. The summed E-state index contributed by atoms with van der Waals surface area (Å²) in [5.41, 5.74) is 5.70. The molecule has 2 aliphatic rings. The summed E-state index contributed by atoms with van der Waals surface area (Å²) >= 11 is 0. The second kappa shape index (κ2) is 14.4. The van der Waals surface area contributed by atoms with Gasteiger partial charge in [-0.1, -0.05) is 84.9 Å². The molecule has 2 aliphatic heterocycles. The molecule has 0 aliphatic carbocycles. The van der Waals surface area contributed by atoms with Crippen LogP contribution in [-0.2, 0) is 22.5 Å². The molecule has 1 aromatic heterocycles. The van der Waals surface area contributed by atoms with Gasteiger partial charge >= 0.3 is 0 Å². The van der Waals surface area contributed by atoms with Crippen molar-refractivity contribution in [2.75, 3.05) is 11.6 Å². The fourth-order valence-electron chi connectivity index (χ4n) is 7.32. The van der Waals surface area contributed by atoms with Gasteiger partial charge in [0.2, 0.25) is 5.91 Å². The van der Waals surface area contributed by atoms with Gasteiger partial charge in [-0.3, -0.25) is 9.48 Å². The van der Waals surface area contributed by atoms with Crippen molar-refractivity contribution in [1.29, 1.82) is 0 Å². The highest BCUT2D eigenvalue weighted by Crippen LogP contribution is 2.45. The number of rotatable bonds is 12. The predicted molar refractivity (Wildman–Crippen MR) is 186 cm³/mol. The van der Waals surface area contributed by atoms with Crippen LogP contribution < -0.4 is 5.01 Å². The van der Waals surface area contributed by atoms with Crippen LogP contribution in [0.25, 0.3) is 0 Å². The highest BCUT2D eigenvalue weighted by molar-refractivity contribution is 6.71. The molecule has 47 heavy (non-hydrogen) atoms. The summed E-state index contributed by atoms with van der Waals surface area (Å²) in [6, 6.07) is 28.0. The Bertz CT molecular complexity index is 1670. The summed E-state index contributed by atoms with van der Waals surface area (Å²) in [5, 5.41) is 25.1. The normalized spacial score (nSPS) is 22.4. The predicted octanol–water partition coefficient (Wildman–Crippen LogP) is 5.93. The van der Waals surface area contributed by atoms with Gasteiger partial charge in [0.25, 0.3) is 0 Å². The number of hydrogen-bond donors (Lipinski definition) is 2. The van der Waals surface area contributed by atoms with E-state index in [0.717, 1.165) is 46.6 Å². The Morgan fingerprint density at radius 2 is 1.70 bits per heavy atom. The first-order valence-electron chi connectivity index (χ1n) is 16.7. The Labute approximate surface area is 278 Å². The van der Waals surface area contributed by atoms with Gasteiger partial charge in [-0.05, 0) is 67.1 Å². The van der Waals surface area contributed by atoms with E-state index in [1.54, 1.807) is 5.01 Å². The Morgan fingerprint density at radius 1 is 0.957 bits per heavy atom. The smallest absolute Gasteiger partial charge is 0.247 e. The molecule has 9 nitrogen and oxygen atoms in total. The number of aryl methyl sites for hydroxylation is 2. The molecule has 0 bridgehead atoms. The molecule has 1 amide bonds. The van der Waals surface area contributed by atoms with Gasteiger partial charge in [0.05, 0.1) is 41.8 Å². The van der Waals surface area contributed by atoms with Crippen molar-refractivity contribution >= 4 is 25.6 Å². The first kappa shape index (κ1) is 33.0. The molecule has 5 atom stereocenters. The second-order valence-electron chi connectivity index (χ2n) is 13.4. The molecule has 1 unspecified atom stereocenters. The molecule has 3 aromatic carbocycles. The third-order valence-electron chi connectivity index (χ3n) is 9.67. The van der Waals surface area contributed by atoms with Gasteiger partial charge < -0.3 is 14.6 Å². The number of nitrogens with zero attached hydrogens (tertiary/aromatic N) is 5. The molecular formula is C37H45N5O4Si. The number of carbonyl (C=O) groups excluding carboxylic acids is 1. The highest BCUT2D eigenvalue weighted by atomic mass is 28.4. The third-order valence-corrected chi connectivity index (χ3v) is 12.2. The molecule has 10 heteroatoms. The van der Waals surface area contributed by atoms with Crippen LogP contribution in [0.5, 0.6) is 0 Å². The number of ether oxygens (including phenoxy) is 1. The fraction of sp³-hybridized carbons (Fsp3) is 0.405. The molecule has 3 heterocycles. The van der Waals surface area contributed by atoms with Crippen molar-refractivity contribution in [3.05, 3.63) is 114 Å². The lowest BCUT2D eigenvalue weighted by molar-refractivity contribution is -0.118. The van der Waals surface area contributed by atoms with Gasteiger partial charge in [0, 0.05) is 31.1 Å². The van der Waals surface area contributed by atoms with Gasteiger partial charge in [-0.15, -0.1) is 5.10 Å². The number of aliphatic hydroxyl groups excluding tert-OH is 1. The Morgan fingerprint density at radius 3 is 2.43 bits per heavy atom. The minimum absolute atomic E-state index is 0.00171. The Hall–Kier alpha value is -3.96. The van der Waals surface area contributed by atoms with Crippen molar-refractivity contribution in [1.82, 2.24) is 15.0 Å². The third kappa shape index (κ3) is 7.62. The van der Waals surface area contributed by atoms with E-state index in [0.29, 0.717) is 25.8 Å². The van der Waals surface area contributed by atoms with E-state index >= 15 is 0 Å². The largest absolute Gasteiger partial charge is 0.432 e. The summed E-state index contributed by atoms with van der Waals surface area (Å²) in [6.45, 7) is 6.80. The van der Waals surface area contributed by atoms with Gasteiger partial charge in [-0.2, -0.15) is 5.10 Å². The zero-order valence-corrected chi connectivity index (χ0v) is 28.4. The Balaban J connectivity index is 1.11. The summed E-state index contributed by atoms with van der Waals surface area (Å²) < 4.78 is 8.54. The number of aromatic nitrogens is 3. The number of hydrazone groups is 1. The number of amides is 1. The minimum atomic E-state index is -2.54. The van der Waals surface area contributed by atoms with Crippen LogP contribution in [0.3, 0.4) is 0 Å². The average molecular weight is 652 g/mol. The summed E-state index contributed by atoms with van der Waals surface area (Å²) in [4.78, 5) is 24.2. The second-order valence-corrected chi connectivity index (χ2v) is 17.4. The SMILES string of the molecule is C[C@@H]1[C@@H]([Si](C)(C)O)[C@H](CCn2cc(C(CO)c3ccccc3)nn2)O[C@@H]1CCc1cccc(N2N=C(c3ccccc3)CCC2=O)c1. The van der Waals surface area contributed by atoms with E-state index in [1.165, 1.54) is 0 Å². The Kier molecular flexibility index (Phi) is 10.1. The quantitative estimate of drug-likeness (QED) is 0.184.